The number of carbonyl (C=O) groups excluding carboxylic acids is 1. The molecule has 0 atom stereocenters. The van der Waals surface area contributed by atoms with Crippen LogP contribution in [-0.4, -0.2) is 25.0 Å². The molecule has 4 heteroatoms. The number of hydrogen-bond donors (Lipinski definition) is 1. The fraction of sp³-hybridized carbons (Fsp3) is 0.533. The molecular formula is C15H20FNO2. The van der Waals surface area contributed by atoms with Gasteiger partial charge in [0.2, 0.25) is 0 Å². The molecule has 19 heavy (non-hydrogen) atoms. The Morgan fingerprint density at radius 1 is 1.37 bits per heavy atom. The van der Waals surface area contributed by atoms with Crippen molar-refractivity contribution >= 4 is 5.78 Å². The summed E-state index contributed by atoms with van der Waals surface area (Å²) in [5, 5.41) is 3.22. The van der Waals surface area contributed by atoms with Gasteiger partial charge in [-0.15, -0.1) is 0 Å². The van der Waals surface area contributed by atoms with Crippen molar-refractivity contribution in [3.05, 3.63) is 29.6 Å². The summed E-state index contributed by atoms with van der Waals surface area (Å²) in [6.07, 6.45) is 1.57. The van der Waals surface area contributed by atoms with Crippen LogP contribution in [0.3, 0.4) is 0 Å². The molecule has 1 heterocycles. The van der Waals surface area contributed by atoms with Gasteiger partial charge in [-0.3, -0.25) is 4.79 Å². The topological polar surface area (TPSA) is 38.3 Å². The highest BCUT2D eigenvalue weighted by Gasteiger charge is 2.23. The second kappa shape index (κ2) is 6.15. The molecule has 0 spiro atoms. The van der Waals surface area contributed by atoms with Crippen LogP contribution in [0.15, 0.2) is 18.2 Å². The first-order chi connectivity index (χ1) is 9.08. The number of carbonyl (C=O) groups is 1. The van der Waals surface area contributed by atoms with Crippen LogP contribution < -0.4 is 10.1 Å². The lowest BCUT2D eigenvalue weighted by Crippen LogP contribution is -2.31. The molecule has 1 fully saturated rings. The normalized spacial score (nSPS) is 16.6. The van der Waals surface area contributed by atoms with Crippen LogP contribution >= 0.6 is 0 Å². The maximum Gasteiger partial charge on any atom is 0.166 e. The van der Waals surface area contributed by atoms with Gasteiger partial charge in [0.15, 0.2) is 17.3 Å². The summed E-state index contributed by atoms with van der Waals surface area (Å²) in [7, 11) is 0. The molecule has 0 radical (unpaired) electrons. The quantitative estimate of drug-likeness (QED) is 0.851. The van der Waals surface area contributed by atoms with E-state index < -0.39 is 5.82 Å². The number of Topliss-reactive ketones (excluding diaryl/α,β-unsaturated/α-hetero) is 1. The van der Waals surface area contributed by atoms with Crippen LogP contribution in [0.1, 0.15) is 37.0 Å². The number of rotatable bonds is 4. The first-order valence-electron chi connectivity index (χ1n) is 6.79. The molecule has 0 amide bonds. The average Bonchev–Trinajstić information content (AvgIpc) is 2.41. The highest BCUT2D eigenvalue weighted by molar-refractivity contribution is 5.98. The van der Waals surface area contributed by atoms with E-state index in [1.807, 2.05) is 13.8 Å². The maximum atomic E-state index is 13.8. The number of hydrogen-bond acceptors (Lipinski definition) is 3. The second-order valence-corrected chi connectivity index (χ2v) is 5.20. The molecule has 0 bridgehead atoms. The van der Waals surface area contributed by atoms with Crippen LogP contribution in [0.2, 0.25) is 0 Å². The van der Waals surface area contributed by atoms with Gasteiger partial charge in [0, 0.05) is 11.5 Å². The summed E-state index contributed by atoms with van der Waals surface area (Å²) in [4.78, 5) is 12.3. The van der Waals surface area contributed by atoms with E-state index in [4.69, 9.17) is 4.74 Å². The van der Waals surface area contributed by atoms with Gasteiger partial charge in [-0.1, -0.05) is 0 Å². The molecule has 1 aromatic rings. The summed E-state index contributed by atoms with van der Waals surface area (Å²) in [6, 6.07) is 4.50. The van der Waals surface area contributed by atoms with E-state index in [0.717, 1.165) is 25.9 Å². The third-order valence-electron chi connectivity index (χ3n) is 3.29. The number of ether oxygens (including phenoxy) is 1. The van der Waals surface area contributed by atoms with Crippen LogP contribution in [0.5, 0.6) is 5.75 Å². The smallest absolute Gasteiger partial charge is 0.166 e. The Kier molecular flexibility index (Phi) is 4.53. The molecule has 0 aliphatic carbocycles. The zero-order valence-corrected chi connectivity index (χ0v) is 11.4. The molecule has 0 aromatic heterocycles. The van der Waals surface area contributed by atoms with Gasteiger partial charge in [0.05, 0.1) is 6.10 Å². The summed E-state index contributed by atoms with van der Waals surface area (Å²) in [6.45, 7) is 5.39. The van der Waals surface area contributed by atoms with Crippen LogP contribution in [-0.2, 0) is 0 Å². The standard InChI is InChI=1S/C15H20FNO2/c1-10(2)19-14-4-3-12(9-13(14)16)15(18)11-5-7-17-8-6-11/h3-4,9-11,17H,5-8H2,1-2H3. The van der Waals surface area contributed by atoms with Gasteiger partial charge in [-0.2, -0.15) is 0 Å². The number of nitrogens with one attached hydrogen (secondary N) is 1. The molecular weight excluding hydrogens is 245 g/mol. The Morgan fingerprint density at radius 2 is 2.05 bits per heavy atom. The summed E-state index contributed by atoms with van der Waals surface area (Å²) in [5.41, 5.74) is 0.445. The van der Waals surface area contributed by atoms with Crippen molar-refractivity contribution in [2.75, 3.05) is 13.1 Å². The molecule has 0 unspecified atom stereocenters. The highest BCUT2D eigenvalue weighted by Crippen LogP contribution is 2.23. The highest BCUT2D eigenvalue weighted by atomic mass is 19.1. The lowest BCUT2D eigenvalue weighted by molar-refractivity contribution is 0.0894. The van der Waals surface area contributed by atoms with E-state index in [1.165, 1.54) is 6.07 Å². The van der Waals surface area contributed by atoms with Crippen molar-refractivity contribution < 1.29 is 13.9 Å². The molecule has 1 aliphatic heterocycles. The fourth-order valence-corrected chi connectivity index (χ4v) is 2.32. The summed E-state index contributed by atoms with van der Waals surface area (Å²) in [5.74, 6) is -0.209. The van der Waals surface area contributed by atoms with E-state index in [-0.39, 0.29) is 23.6 Å². The first-order valence-corrected chi connectivity index (χ1v) is 6.79. The van der Waals surface area contributed by atoms with Crippen molar-refractivity contribution in [1.82, 2.24) is 5.32 Å². The third-order valence-corrected chi connectivity index (χ3v) is 3.29. The Balaban J connectivity index is 2.12. The third kappa shape index (κ3) is 3.53. The fourth-order valence-electron chi connectivity index (χ4n) is 2.32. The maximum absolute atomic E-state index is 13.8. The second-order valence-electron chi connectivity index (χ2n) is 5.20. The molecule has 0 saturated carbocycles. The Labute approximate surface area is 113 Å². The minimum atomic E-state index is -0.464. The zero-order chi connectivity index (χ0) is 13.8. The average molecular weight is 265 g/mol. The molecule has 1 aromatic carbocycles. The number of ketones is 1. The monoisotopic (exact) mass is 265 g/mol. The van der Waals surface area contributed by atoms with E-state index >= 15 is 0 Å². The largest absolute Gasteiger partial charge is 0.488 e. The van der Waals surface area contributed by atoms with E-state index in [1.54, 1.807) is 12.1 Å². The summed E-state index contributed by atoms with van der Waals surface area (Å²) < 4.78 is 19.2. The van der Waals surface area contributed by atoms with Crippen molar-refractivity contribution in [3.63, 3.8) is 0 Å². The van der Waals surface area contributed by atoms with Crippen molar-refractivity contribution in [1.29, 1.82) is 0 Å². The predicted octanol–water partition coefficient (Wildman–Crippen LogP) is 2.80. The first kappa shape index (κ1) is 14.0. The SMILES string of the molecule is CC(C)Oc1ccc(C(=O)C2CCNCC2)cc1F. The Morgan fingerprint density at radius 3 is 2.63 bits per heavy atom. The van der Waals surface area contributed by atoms with Crippen LogP contribution in [0.4, 0.5) is 4.39 Å². The van der Waals surface area contributed by atoms with Gasteiger partial charge in [0.25, 0.3) is 0 Å². The van der Waals surface area contributed by atoms with Gasteiger partial charge < -0.3 is 10.1 Å². The van der Waals surface area contributed by atoms with Gasteiger partial charge in [0.1, 0.15) is 0 Å². The minimum absolute atomic E-state index is 0.0116. The number of benzene rings is 1. The van der Waals surface area contributed by atoms with E-state index in [9.17, 15) is 9.18 Å². The van der Waals surface area contributed by atoms with Crippen molar-refractivity contribution in [2.45, 2.75) is 32.8 Å². The van der Waals surface area contributed by atoms with Crippen LogP contribution in [0, 0.1) is 11.7 Å². The lowest BCUT2D eigenvalue weighted by Gasteiger charge is -2.21. The zero-order valence-electron chi connectivity index (χ0n) is 11.4. The van der Waals surface area contributed by atoms with E-state index in [0.29, 0.717) is 5.56 Å². The van der Waals surface area contributed by atoms with Crippen LogP contribution in [0.25, 0.3) is 0 Å². The Hall–Kier alpha value is -1.42. The molecule has 1 N–H and O–H groups in total. The number of piperidine rings is 1. The predicted molar refractivity (Wildman–Crippen MR) is 72.1 cm³/mol. The van der Waals surface area contributed by atoms with Crippen molar-refractivity contribution in [3.8, 4) is 5.75 Å². The Bertz CT molecular complexity index is 453. The molecule has 3 nitrogen and oxygen atoms in total. The lowest BCUT2D eigenvalue weighted by atomic mass is 9.89. The summed E-state index contributed by atoms with van der Waals surface area (Å²) >= 11 is 0. The van der Waals surface area contributed by atoms with E-state index in [2.05, 4.69) is 5.32 Å². The van der Waals surface area contributed by atoms with Gasteiger partial charge in [-0.25, -0.2) is 4.39 Å². The number of halogens is 1. The molecule has 1 saturated heterocycles. The molecule has 2 rings (SSSR count). The van der Waals surface area contributed by atoms with Gasteiger partial charge in [-0.05, 0) is 58.0 Å². The molecule has 1 aliphatic rings. The minimum Gasteiger partial charge on any atom is -0.488 e. The van der Waals surface area contributed by atoms with Crippen molar-refractivity contribution in [2.24, 2.45) is 5.92 Å². The molecule has 104 valence electrons. The van der Waals surface area contributed by atoms with Gasteiger partial charge >= 0.3 is 0 Å².